The molecule has 2 aromatic carbocycles. The van der Waals surface area contributed by atoms with Gasteiger partial charge in [-0.3, -0.25) is 19.3 Å². The number of benzene rings is 2. The highest BCUT2D eigenvalue weighted by molar-refractivity contribution is 6.02. The molecule has 1 aliphatic rings. The van der Waals surface area contributed by atoms with Crippen LogP contribution in [-0.4, -0.2) is 61.9 Å². The number of carbonyl (C=O) groups is 3. The van der Waals surface area contributed by atoms with Crippen molar-refractivity contribution in [3.8, 4) is 11.5 Å². The van der Waals surface area contributed by atoms with Gasteiger partial charge in [-0.05, 0) is 67.5 Å². The largest absolute Gasteiger partial charge is 0.485 e. The quantitative estimate of drug-likeness (QED) is 0.330. The molecule has 1 aromatic heterocycles. The van der Waals surface area contributed by atoms with E-state index in [9.17, 15) is 14.4 Å². The number of ether oxygens (including phenoxy) is 2. The van der Waals surface area contributed by atoms with E-state index >= 15 is 0 Å². The predicted molar refractivity (Wildman–Crippen MR) is 148 cm³/mol. The van der Waals surface area contributed by atoms with Gasteiger partial charge in [-0.1, -0.05) is 32.9 Å². The highest BCUT2D eigenvalue weighted by Crippen LogP contribution is 2.34. The number of nitrogens with zero attached hydrogens (tertiary/aromatic N) is 2. The minimum Gasteiger partial charge on any atom is -0.485 e. The molecule has 0 aliphatic carbocycles. The van der Waals surface area contributed by atoms with Crippen LogP contribution in [0.5, 0.6) is 11.5 Å². The molecule has 0 saturated heterocycles. The average Bonchev–Trinajstić information content (AvgIpc) is 3.44. The number of aryl methyl sites for hydroxylation is 1. The van der Waals surface area contributed by atoms with Gasteiger partial charge in [-0.15, -0.1) is 0 Å². The first-order chi connectivity index (χ1) is 18.9. The summed E-state index contributed by atoms with van der Waals surface area (Å²) in [5.74, 6) is 0.940. The molecule has 39 heavy (non-hydrogen) atoms. The van der Waals surface area contributed by atoms with Crippen molar-refractivity contribution < 1.29 is 28.3 Å². The van der Waals surface area contributed by atoms with Crippen molar-refractivity contribution >= 4 is 23.3 Å². The Hall–Kier alpha value is -4.11. The number of rotatable bonds is 13. The molecule has 0 fully saturated rings. The van der Waals surface area contributed by atoms with Gasteiger partial charge in [-0.25, -0.2) is 0 Å². The molecule has 0 radical (unpaired) electrons. The van der Waals surface area contributed by atoms with Crippen LogP contribution < -0.4 is 19.7 Å². The van der Waals surface area contributed by atoms with Gasteiger partial charge in [0, 0.05) is 18.7 Å². The Balaban J connectivity index is 1.42. The molecule has 2 amide bonds. The monoisotopic (exact) mass is 533 g/mol. The molecule has 0 spiro atoms. The highest BCUT2D eigenvalue weighted by Gasteiger charge is 2.28. The fraction of sp³-hybridized carbons (Fsp3) is 0.367. The zero-order valence-corrected chi connectivity index (χ0v) is 22.7. The van der Waals surface area contributed by atoms with Crippen molar-refractivity contribution in [1.82, 2.24) is 10.2 Å². The van der Waals surface area contributed by atoms with Crippen LogP contribution in [-0.2, 0) is 17.8 Å². The number of anilines is 1. The van der Waals surface area contributed by atoms with E-state index in [4.69, 9.17) is 13.9 Å². The SMILES string of the molecule is CCc1cccc(OCC(=O)c2ccc3c(c2)N(Cc2ccc(C(=O)NCCN(CC)CC)o2)C(=O)CO3)c1. The Morgan fingerprint density at radius 2 is 1.87 bits per heavy atom. The molecule has 3 aromatic rings. The van der Waals surface area contributed by atoms with Gasteiger partial charge in [0.1, 0.15) is 17.3 Å². The van der Waals surface area contributed by atoms with Crippen LogP contribution in [0.15, 0.2) is 59.0 Å². The van der Waals surface area contributed by atoms with Crippen LogP contribution in [0.2, 0.25) is 0 Å². The third kappa shape index (κ3) is 7.06. The van der Waals surface area contributed by atoms with E-state index in [1.54, 1.807) is 30.3 Å². The number of hydrogen-bond donors (Lipinski definition) is 1. The molecule has 206 valence electrons. The maximum atomic E-state index is 12.9. The first kappa shape index (κ1) is 27.9. The third-order valence-corrected chi connectivity index (χ3v) is 6.71. The Kier molecular flexibility index (Phi) is 9.38. The smallest absolute Gasteiger partial charge is 0.287 e. The van der Waals surface area contributed by atoms with Gasteiger partial charge < -0.3 is 24.1 Å². The van der Waals surface area contributed by atoms with Crippen molar-refractivity contribution in [3.05, 3.63) is 77.2 Å². The second-order valence-electron chi connectivity index (χ2n) is 9.21. The van der Waals surface area contributed by atoms with Gasteiger partial charge in [0.25, 0.3) is 11.8 Å². The Labute approximate surface area is 228 Å². The Morgan fingerprint density at radius 3 is 2.64 bits per heavy atom. The van der Waals surface area contributed by atoms with E-state index in [1.165, 1.54) is 4.90 Å². The van der Waals surface area contributed by atoms with Crippen molar-refractivity contribution in [2.24, 2.45) is 0 Å². The topological polar surface area (TPSA) is 101 Å². The van der Waals surface area contributed by atoms with E-state index < -0.39 is 0 Å². The number of Topliss-reactive ketones (excluding diaryl/α,β-unsaturated/α-hetero) is 1. The number of furan rings is 1. The number of nitrogens with one attached hydrogen (secondary N) is 1. The molecule has 4 rings (SSSR count). The van der Waals surface area contributed by atoms with Crippen molar-refractivity contribution in [1.29, 1.82) is 0 Å². The lowest BCUT2D eigenvalue weighted by Crippen LogP contribution is -2.38. The fourth-order valence-electron chi connectivity index (χ4n) is 4.33. The number of carbonyl (C=O) groups excluding carboxylic acids is 3. The summed E-state index contributed by atoms with van der Waals surface area (Å²) in [6, 6.07) is 15.9. The molecule has 0 bridgehead atoms. The minimum atomic E-state index is -0.306. The van der Waals surface area contributed by atoms with Crippen LogP contribution in [0.4, 0.5) is 5.69 Å². The van der Waals surface area contributed by atoms with Crippen LogP contribution in [0.1, 0.15) is 53.0 Å². The van der Waals surface area contributed by atoms with E-state index in [-0.39, 0.29) is 43.1 Å². The van der Waals surface area contributed by atoms with Crippen LogP contribution >= 0.6 is 0 Å². The van der Waals surface area contributed by atoms with Crippen molar-refractivity contribution in [2.75, 3.05) is 44.3 Å². The van der Waals surface area contributed by atoms with E-state index in [0.29, 0.717) is 35.1 Å². The van der Waals surface area contributed by atoms with Gasteiger partial charge in [0.15, 0.2) is 24.8 Å². The maximum Gasteiger partial charge on any atom is 0.287 e. The zero-order valence-electron chi connectivity index (χ0n) is 22.7. The predicted octanol–water partition coefficient (Wildman–Crippen LogP) is 4.10. The maximum absolute atomic E-state index is 12.9. The minimum absolute atomic E-state index is 0.0971. The molecule has 1 aliphatic heterocycles. The summed E-state index contributed by atoms with van der Waals surface area (Å²) in [5.41, 5.74) is 1.99. The summed E-state index contributed by atoms with van der Waals surface area (Å²) >= 11 is 0. The number of amides is 2. The van der Waals surface area contributed by atoms with Gasteiger partial charge in [0.2, 0.25) is 0 Å². The molecule has 0 unspecified atom stereocenters. The van der Waals surface area contributed by atoms with Gasteiger partial charge >= 0.3 is 0 Å². The van der Waals surface area contributed by atoms with E-state index in [1.807, 2.05) is 24.3 Å². The van der Waals surface area contributed by atoms with E-state index in [2.05, 4.69) is 31.0 Å². The van der Waals surface area contributed by atoms with Gasteiger partial charge in [-0.2, -0.15) is 0 Å². The summed E-state index contributed by atoms with van der Waals surface area (Å²) in [6.45, 7) is 9.14. The fourth-order valence-corrected chi connectivity index (χ4v) is 4.33. The molecular weight excluding hydrogens is 498 g/mol. The zero-order chi connectivity index (χ0) is 27.8. The highest BCUT2D eigenvalue weighted by atomic mass is 16.5. The lowest BCUT2D eigenvalue weighted by atomic mass is 10.1. The molecule has 2 heterocycles. The molecule has 9 heteroatoms. The molecule has 1 N–H and O–H groups in total. The van der Waals surface area contributed by atoms with E-state index in [0.717, 1.165) is 31.6 Å². The Bertz CT molecular complexity index is 1310. The standard InChI is InChI=1S/C30H35N3O6/c1-4-21-8-7-9-23(16-21)37-19-26(34)22-10-12-27-25(17-22)33(29(35)20-38-27)18-24-11-13-28(39-24)30(36)31-14-15-32(5-2)6-3/h7-13,16-17H,4-6,14-15,18-20H2,1-3H3,(H,31,36). The van der Waals surface area contributed by atoms with Crippen molar-refractivity contribution in [2.45, 2.75) is 33.7 Å². The van der Waals surface area contributed by atoms with Crippen LogP contribution in [0.25, 0.3) is 0 Å². The summed E-state index contributed by atoms with van der Waals surface area (Å²) in [6.07, 6.45) is 0.873. The lowest BCUT2D eigenvalue weighted by molar-refractivity contribution is -0.121. The number of fused-ring (bicyclic) bond motifs is 1. The first-order valence-electron chi connectivity index (χ1n) is 13.3. The normalized spacial score (nSPS) is 12.7. The molecular formula is C30H35N3O6. The number of hydrogen-bond acceptors (Lipinski definition) is 7. The third-order valence-electron chi connectivity index (χ3n) is 6.71. The number of ketones is 1. The second-order valence-corrected chi connectivity index (χ2v) is 9.21. The van der Waals surface area contributed by atoms with Crippen LogP contribution in [0.3, 0.4) is 0 Å². The Morgan fingerprint density at radius 1 is 1.05 bits per heavy atom. The van der Waals surface area contributed by atoms with Crippen LogP contribution in [0, 0.1) is 0 Å². The molecule has 0 atom stereocenters. The second kappa shape index (κ2) is 13.1. The summed E-state index contributed by atoms with van der Waals surface area (Å²) in [4.78, 5) is 41.9. The van der Waals surface area contributed by atoms with Crippen molar-refractivity contribution in [3.63, 3.8) is 0 Å². The summed E-state index contributed by atoms with van der Waals surface area (Å²) < 4.78 is 17.1. The lowest BCUT2D eigenvalue weighted by Gasteiger charge is -2.29. The first-order valence-corrected chi connectivity index (χ1v) is 13.3. The summed E-state index contributed by atoms with van der Waals surface area (Å²) in [5, 5.41) is 2.87. The molecule has 0 saturated carbocycles. The average molecular weight is 534 g/mol. The summed E-state index contributed by atoms with van der Waals surface area (Å²) in [7, 11) is 0. The number of likely N-dealkylation sites (N-methyl/N-ethyl adjacent to an activating group) is 1. The van der Waals surface area contributed by atoms with Gasteiger partial charge in [0.05, 0.1) is 12.2 Å². The molecule has 9 nitrogen and oxygen atoms in total.